The number of rotatable bonds is 12. The summed E-state index contributed by atoms with van der Waals surface area (Å²) in [6.45, 7) is 7.42. The third-order valence-corrected chi connectivity index (χ3v) is 8.37. The van der Waals surface area contributed by atoms with Crippen LogP contribution in [0.4, 0.5) is 17.5 Å². The lowest BCUT2D eigenvalue weighted by atomic mass is 9.86. The Kier molecular flexibility index (Phi) is 9.73. The number of benzene rings is 3. The van der Waals surface area contributed by atoms with E-state index in [-0.39, 0.29) is 0 Å². The number of anilines is 3. The molecule has 1 aliphatic rings. The molecule has 0 spiro atoms. The van der Waals surface area contributed by atoms with Crippen molar-refractivity contribution in [3.05, 3.63) is 89.5 Å². The van der Waals surface area contributed by atoms with Gasteiger partial charge in [0.15, 0.2) is 0 Å². The van der Waals surface area contributed by atoms with Gasteiger partial charge in [-0.3, -0.25) is 0 Å². The van der Waals surface area contributed by atoms with Crippen LogP contribution in [0, 0.1) is 5.92 Å². The van der Waals surface area contributed by atoms with Gasteiger partial charge in [-0.2, -0.15) is 4.98 Å². The Hall–Kier alpha value is -3.64. The molecule has 1 aromatic heterocycles. The van der Waals surface area contributed by atoms with Gasteiger partial charge in [-0.15, -0.1) is 0 Å². The molecule has 5 rings (SSSR count). The lowest BCUT2D eigenvalue weighted by Crippen LogP contribution is -2.32. The zero-order valence-electron chi connectivity index (χ0n) is 25.2. The molecule has 6 heteroatoms. The monoisotopic (exact) mass is 550 g/mol. The molecule has 0 amide bonds. The van der Waals surface area contributed by atoms with Crippen LogP contribution in [0.1, 0.15) is 62.1 Å². The summed E-state index contributed by atoms with van der Waals surface area (Å²) in [6.07, 6.45) is 5.83. The number of para-hydroxylation sites is 1. The van der Waals surface area contributed by atoms with Crippen LogP contribution >= 0.6 is 0 Å². The van der Waals surface area contributed by atoms with E-state index in [1.54, 1.807) is 0 Å². The largest absolute Gasteiger partial charge is 0.381 e. The van der Waals surface area contributed by atoms with Gasteiger partial charge in [0.2, 0.25) is 5.95 Å². The first-order chi connectivity index (χ1) is 20.0. The van der Waals surface area contributed by atoms with Gasteiger partial charge in [-0.25, -0.2) is 4.98 Å². The van der Waals surface area contributed by atoms with Crippen LogP contribution in [0.25, 0.3) is 10.9 Å². The number of aromatic nitrogens is 2. The van der Waals surface area contributed by atoms with E-state index in [4.69, 9.17) is 9.97 Å². The van der Waals surface area contributed by atoms with Crippen molar-refractivity contribution in [2.45, 2.75) is 64.5 Å². The molecule has 0 unspecified atom stereocenters. The quantitative estimate of drug-likeness (QED) is 0.162. The Bertz CT molecular complexity index is 1390. The molecule has 6 nitrogen and oxygen atoms in total. The second-order valence-corrected chi connectivity index (χ2v) is 12.0. The molecular weight excluding hydrogens is 504 g/mol. The van der Waals surface area contributed by atoms with E-state index in [0.717, 1.165) is 67.5 Å². The molecule has 3 aromatic carbocycles. The van der Waals surface area contributed by atoms with Crippen LogP contribution in [0.2, 0.25) is 0 Å². The maximum absolute atomic E-state index is 4.84. The zero-order valence-corrected chi connectivity index (χ0v) is 25.2. The Morgan fingerprint density at radius 2 is 1.54 bits per heavy atom. The van der Waals surface area contributed by atoms with Crippen LogP contribution in [0.5, 0.6) is 0 Å². The van der Waals surface area contributed by atoms with Crippen LogP contribution in [-0.4, -0.2) is 43.2 Å². The summed E-state index contributed by atoms with van der Waals surface area (Å²) in [5, 5.41) is 12.1. The highest BCUT2D eigenvalue weighted by Crippen LogP contribution is 2.28. The summed E-state index contributed by atoms with van der Waals surface area (Å²) in [5.41, 5.74) is 6.35. The number of nitrogens with one attached hydrogen (secondary N) is 3. The number of hydrogen-bond donors (Lipinski definition) is 3. The Balaban J connectivity index is 1.05. The van der Waals surface area contributed by atoms with E-state index in [0.29, 0.717) is 12.0 Å². The lowest BCUT2D eigenvalue weighted by molar-refractivity contribution is 0.325. The summed E-state index contributed by atoms with van der Waals surface area (Å²) in [5.74, 6) is 3.00. The highest BCUT2D eigenvalue weighted by Gasteiger charge is 2.22. The van der Waals surface area contributed by atoms with Gasteiger partial charge in [-0.05, 0) is 98.0 Å². The topological polar surface area (TPSA) is 65.1 Å². The van der Waals surface area contributed by atoms with Gasteiger partial charge < -0.3 is 20.9 Å². The molecule has 0 atom stereocenters. The summed E-state index contributed by atoms with van der Waals surface area (Å²) in [6, 6.07) is 26.3. The molecule has 0 radical (unpaired) electrons. The average molecular weight is 551 g/mol. The summed E-state index contributed by atoms with van der Waals surface area (Å²) < 4.78 is 0. The van der Waals surface area contributed by atoms with Gasteiger partial charge >= 0.3 is 0 Å². The second kappa shape index (κ2) is 13.8. The van der Waals surface area contributed by atoms with E-state index in [2.05, 4.69) is 95.4 Å². The smallest absolute Gasteiger partial charge is 0.225 e. The van der Waals surface area contributed by atoms with E-state index in [1.807, 2.05) is 26.2 Å². The number of fused-ring (bicyclic) bond motifs is 1. The van der Waals surface area contributed by atoms with Crippen LogP contribution < -0.4 is 20.9 Å². The predicted octanol–water partition coefficient (Wildman–Crippen LogP) is 7.23. The first-order valence-corrected chi connectivity index (χ1v) is 15.3. The molecule has 0 aliphatic heterocycles. The van der Waals surface area contributed by atoms with Gasteiger partial charge in [0, 0.05) is 37.8 Å². The third kappa shape index (κ3) is 7.76. The minimum Gasteiger partial charge on any atom is -0.381 e. The highest BCUT2D eigenvalue weighted by atomic mass is 15.2. The van der Waals surface area contributed by atoms with Crippen LogP contribution in [-0.2, 0) is 13.0 Å². The van der Waals surface area contributed by atoms with E-state index < -0.39 is 0 Å². The molecule has 4 aromatic rings. The highest BCUT2D eigenvalue weighted by molar-refractivity contribution is 5.90. The van der Waals surface area contributed by atoms with Crippen molar-refractivity contribution in [2.75, 3.05) is 42.7 Å². The van der Waals surface area contributed by atoms with Gasteiger partial charge in [-0.1, -0.05) is 62.4 Å². The maximum atomic E-state index is 4.84. The van der Waals surface area contributed by atoms with Crippen molar-refractivity contribution >= 4 is 28.4 Å². The molecule has 1 fully saturated rings. The molecule has 1 heterocycles. The fourth-order valence-corrected chi connectivity index (χ4v) is 5.85. The molecule has 1 aliphatic carbocycles. The summed E-state index contributed by atoms with van der Waals surface area (Å²) in [4.78, 5) is 11.7. The maximum Gasteiger partial charge on any atom is 0.225 e. The average Bonchev–Trinajstić information content (AvgIpc) is 2.99. The normalized spacial score (nSPS) is 17.1. The lowest BCUT2D eigenvalue weighted by Gasteiger charge is -2.29. The minimum atomic E-state index is 0.434. The van der Waals surface area contributed by atoms with Crippen molar-refractivity contribution in [3.63, 3.8) is 0 Å². The predicted molar refractivity (Wildman–Crippen MR) is 174 cm³/mol. The van der Waals surface area contributed by atoms with Crippen molar-refractivity contribution in [3.8, 4) is 0 Å². The van der Waals surface area contributed by atoms with Crippen molar-refractivity contribution in [2.24, 2.45) is 5.92 Å². The van der Waals surface area contributed by atoms with E-state index in [1.165, 1.54) is 35.2 Å². The first kappa shape index (κ1) is 28.9. The zero-order chi connectivity index (χ0) is 28.6. The second-order valence-electron chi connectivity index (χ2n) is 12.0. The van der Waals surface area contributed by atoms with E-state index >= 15 is 0 Å². The summed E-state index contributed by atoms with van der Waals surface area (Å²) in [7, 11) is 4.08. The van der Waals surface area contributed by atoms with Gasteiger partial charge in [0.25, 0.3) is 0 Å². The Morgan fingerprint density at radius 3 is 2.27 bits per heavy atom. The van der Waals surface area contributed by atoms with Gasteiger partial charge in [0.05, 0.1) is 5.52 Å². The van der Waals surface area contributed by atoms with Crippen LogP contribution in [0.15, 0.2) is 72.8 Å². The first-order valence-electron chi connectivity index (χ1n) is 15.3. The molecular formula is C35H46N6. The molecule has 0 bridgehead atoms. The van der Waals surface area contributed by atoms with Crippen molar-refractivity contribution < 1.29 is 0 Å². The van der Waals surface area contributed by atoms with Crippen LogP contribution in [0.3, 0.4) is 0 Å². The third-order valence-electron chi connectivity index (χ3n) is 8.37. The van der Waals surface area contributed by atoms with Crippen molar-refractivity contribution in [1.82, 2.24) is 15.3 Å². The standard InChI is InChI=1S/C35H46N6/c1-25(2)27-15-19-30(20-16-27)37-24-29-10-6-5-9-28(29)21-22-36-23-26-13-17-31(18-14-26)38-35-39-33-12-8-7-11-32(33)34(40-35)41(3)4/h5-12,15-16,19-20,25-26,31,36-37H,13-14,17-18,21-24H2,1-4H3,(H,38,39,40)/t26-,31+. The summed E-state index contributed by atoms with van der Waals surface area (Å²) >= 11 is 0. The molecule has 41 heavy (non-hydrogen) atoms. The Labute approximate surface area is 246 Å². The Morgan fingerprint density at radius 1 is 0.829 bits per heavy atom. The van der Waals surface area contributed by atoms with Crippen molar-refractivity contribution in [1.29, 1.82) is 0 Å². The number of nitrogens with zero attached hydrogens (tertiary/aromatic N) is 3. The molecule has 216 valence electrons. The van der Waals surface area contributed by atoms with E-state index in [9.17, 15) is 0 Å². The SMILES string of the molecule is CC(C)c1ccc(NCc2ccccc2CCNC[C@H]2CC[C@@H](Nc3nc(N(C)C)c4ccccc4n3)CC2)cc1. The fourth-order valence-electron chi connectivity index (χ4n) is 5.85. The molecule has 3 N–H and O–H groups in total. The molecule has 1 saturated carbocycles. The molecule has 0 saturated heterocycles. The fraction of sp³-hybridized carbons (Fsp3) is 0.429. The van der Waals surface area contributed by atoms with Gasteiger partial charge in [0.1, 0.15) is 5.82 Å². The minimum absolute atomic E-state index is 0.434. The number of hydrogen-bond acceptors (Lipinski definition) is 6.